The largest absolute Gasteiger partial charge is 0.464 e. The van der Waals surface area contributed by atoms with Gasteiger partial charge < -0.3 is 10.1 Å². The van der Waals surface area contributed by atoms with E-state index in [1.54, 1.807) is 0 Å². The third-order valence-electron chi connectivity index (χ3n) is 4.10. The van der Waals surface area contributed by atoms with Gasteiger partial charge in [-0.15, -0.1) is 0 Å². The van der Waals surface area contributed by atoms with Crippen LogP contribution in [0.1, 0.15) is 71.1 Å². The van der Waals surface area contributed by atoms with Gasteiger partial charge in [-0.25, -0.2) is 0 Å². The lowest BCUT2D eigenvalue weighted by Crippen LogP contribution is -2.40. The van der Waals surface area contributed by atoms with E-state index in [1.165, 1.54) is 32.1 Å². The molecule has 1 N–H and O–H groups in total. The first-order valence-corrected chi connectivity index (χ1v) is 8.16. The minimum atomic E-state index is -0.217. The molecule has 1 rings (SSSR count). The van der Waals surface area contributed by atoms with Crippen LogP contribution in [0.5, 0.6) is 0 Å². The fourth-order valence-electron chi connectivity index (χ4n) is 2.88. The van der Waals surface area contributed by atoms with Crippen molar-refractivity contribution in [3.8, 4) is 0 Å². The van der Waals surface area contributed by atoms with Crippen LogP contribution < -0.4 is 5.32 Å². The Balaban J connectivity index is 2.15. The minimum Gasteiger partial charge on any atom is -0.464 e. The predicted octanol–water partition coefficient (Wildman–Crippen LogP) is 3.19. The van der Waals surface area contributed by atoms with Gasteiger partial charge in [0.15, 0.2) is 0 Å². The molecule has 1 amide bonds. The van der Waals surface area contributed by atoms with Crippen molar-refractivity contribution in [3.63, 3.8) is 0 Å². The molecule has 1 saturated carbocycles. The Bertz CT molecular complexity index is 281. The summed E-state index contributed by atoms with van der Waals surface area (Å²) in [6.45, 7) is 3.43. The van der Waals surface area contributed by atoms with E-state index in [0.29, 0.717) is 6.47 Å². The van der Waals surface area contributed by atoms with Crippen LogP contribution in [0.4, 0.5) is 0 Å². The average molecular weight is 283 g/mol. The van der Waals surface area contributed by atoms with Gasteiger partial charge in [-0.1, -0.05) is 45.4 Å². The molecule has 0 aromatic rings. The molecule has 0 aliphatic heterocycles. The fourth-order valence-corrected chi connectivity index (χ4v) is 2.88. The summed E-state index contributed by atoms with van der Waals surface area (Å²) in [7, 11) is 0. The molecule has 4 nitrogen and oxygen atoms in total. The lowest BCUT2D eigenvalue weighted by molar-refractivity contribution is -0.143. The first-order valence-electron chi connectivity index (χ1n) is 8.16. The molecule has 2 atom stereocenters. The summed E-state index contributed by atoms with van der Waals surface area (Å²) in [6.07, 6.45) is 10.9. The molecule has 0 aromatic carbocycles. The zero-order valence-electron chi connectivity index (χ0n) is 12.7. The van der Waals surface area contributed by atoms with E-state index < -0.39 is 0 Å². The predicted molar refractivity (Wildman–Crippen MR) is 79.3 cm³/mol. The Morgan fingerprint density at radius 2 is 1.85 bits per heavy atom. The normalized spacial score (nSPS) is 22.2. The van der Waals surface area contributed by atoms with Gasteiger partial charge in [0, 0.05) is 6.54 Å². The van der Waals surface area contributed by atoms with E-state index in [2.05, 4.69) is 12.2 Å². The van der Waals surface area contributed by atoms with Crippen molar-refractivity contribution in [2.75, 3.05) is 6.54 Å². The van der Waals surface area contributed by atoms with Gasteiger partial charge in [-0.05, 0) is 25.7 Å². The molecule has 20 heavy (non-hydrogen) atoms. The molecule has 116 valence electrons. The van der Waals surface area contributed by atoms with Crippen LogP contribution >= 0.6 is 0 Å². The molecular weight excluding hydrogens is 254 g/mol. The Kier molecular flexibility index (Phi) is 9.09. The molecule has 1 fully saturated rings. The van der Waals surface area contributed by atoms with Crippen molar-refractivity contribution in [1.29, 1.82) is 0 Å². The smallest absolute Gasteiger partial charge is 0.293 e. The van der Waals surface area contributed by atoms with Crippen molar-refractivity contribution >= 4 is 12.4 Å². The highest BCUT2D eigenvalue weighted by Gasteiger charge is 2.31. The number of amides is 1. The molecule has 1 aliphatic carbocycles. The second-order valence-electron chi connectivity index (χ2n) is 5.72. The maximum Gasteiger partial charge on any atom is 0.293 e. The number of ether oxygens (including phenoxy) is 1. The third-order valence-corrected chi connectivity index (χ3v) is 4.10. The number of hydrogen-bond donors (Lipinski definition) is 1. The number of rotatable bonds is 10. The first kappa shape index (κ1) is 17.0. The number of hydrogen-bond acceptors (Lipinski definition) is 3. The monoisotopic (exact) mass is 283 g/mol. The maximum absolute atomic E-state index is 12.1. The molecule has 4 heteroatoms. The van der Waals surface area contributed by atoms with Gasteiger partial charge in [0.05, 0.1) is 5.92 Å². The molecule has 0 aromatic heterocycles. The Morgan fingerprint density at radius 3 is 2.60 bits per heavy atom. The van der Waals surface area contributed by atoms with Gasteiger partial charge in [-0.3, -0.25) is 9.59 Å². The van der Waals surface area contributed by atoms with Gasteiger partial charge in [0.1, 0.15) is 6.10 Å². The molecule has 0 saturated heterocycles. The van der Waals surface area contributed by atoms with E-state index in [-0.39, 0.29) is 17.9 Å². The topological polar surface area (TPSA) is 55.4 Å². The van der Waals surface area contributed by atoms with Crippen LogP contribution in [0.3, 0.4) is 0 Å². The maximum atomic E-state index is 12.1. The summed E-state index contributed by atoms with van der Waals surface area (Å²) in [5, 5.41) is 3.00. The van der Waals surface area contributed by atoms with E-state index in [0.717, 1.165) is 38.6 Å². The number of unbranched alkanes of at least 4 members (excludes halogenated alkanes) is 5. The number of nitrogens with one attached hydrogen (secondary N) is 1. The van der Waals surface area contributed by atoms with E-state index in [9.17, 15) is 9.59 Å². The van der Waals surface area contributed by atoms with Crippen molar-refractivity contribution in [2.24, 2.45) is 5.92 Å². The quantitative estimate of drug-likeness (QED) is 0.495. The highest BCUT2D eigenvalue weighted by atomic mass is 16.5. The second-order valence-corrected chi connectivity index (χ2v) is 5.72. The van der Waals surface area contributed by atoms with Crippen LogP contribution in [0, 0.1) is 5.92 Å². The average Bonchev–Trinajstić information content (AvgIpc) is 2.47. The molecular formula is C16H29NO3. The second kappa shape index (κ2) is 10.7. The third kappa shape index (κ3) is 6.40. The molecule has 0 radical (unpaired) electrons. The first-order chi connectivity index (χ1) is 9.79. The van der Waals surface area contributed by atoms with Crippen LogP contribution in [0.25, 0.3) is 0 Å². The Morgan fingerprint density at radius 1 is 1.15 bits per heavy atom. The van der Waals surface area contributed by atoms with Crippen molar-refractivity contribution in [2.45, 2.75) is 77.2 Å². The van der Waals surface area contributed by atoms with Gasteiger partial charge in [0.25, 0.3) is 6.47 Å². The highest BCUT2D eigenvalue weighted by molar-refractivity contribution is 5.79. The Hall–Kier alpha value is -1.06. The van der Waals surface area contributed by atoms with Crippen molar-refractivity contribution in [1.82, 2.24) is 5.32 Å². The number of carbonyl (C=O) groups is 2. The van der Waals surface area contributed by atoms with Gasteiger partial charge in [-0.2, -0.15) is 0 Å². The fraction of sp³-hybridized carbons (Fsp3) is 0.875. The molecule has 0 spiro atoms. The highest BCUT2D eigenvalue weighted by Crippen LogP contribution is 2.26. The summed E-state index contributed by atoms with van der Waals surface area (Å²) in [5.74, 6) is -0.0841. The van der Waals surface area contributed by atoms with Crippen LogP contribution in [0.2, 0.25) is 0 Å². The SMILES string of the molecule is CCCCCCCCNC(=O)C1CCCCC1OC=O. The number of carbonyl (C=O) groups excluding carboxylic acids is 2. The summed E-state index contributed by atoms with van der Waals surface area (Å²) in [6, 6.07) is 0. The summed E-state index contributed by atoms with van der Waals surface area (Å²) >= 11 is 0. The van der Waals surface area contributed by atoms with E-state index >= 15 is 0 Å². The minimum absolute atomic E-state index is 0.0603. The molecule has 2 unspecified atom stereocenters. The zero-order chi connectivity index (χ0) is 14.6. The van der Waals surface area contributed by atoms with Crippen LogP contribution in [0.15, 0.2) is 0 Å². The van der Waals surface area contributed by atoms with Gasteiger partial charge >= 0.3 is 0 Å². The van der Waals surface area contributed by atoms with Crippen molar-refractivity contribution in [3.05, 3.63) is 0 Å². The molecule has 1 aliphatic rings. The van der Waals surface area contributed by atoms with E-state index in [4.69, 9.17) is 4.74 Å². The van der Waals surface area contributed by atoms with Crippen LogP contribution in [-0.4, -0.2) is 25.0 Å². The van der Waals surface area contributed by atoms with Gasteiger partial charge in [0.2, 0.25) is 5.91 Å². The lowest BCUT2D eigenvalue weighted by atomic mass is 9.85. The molecule has 0 bridgehead atoms. The van der Waals surface area contributed by atoms with Crippen LogP contribution in [-0.2, 0) is 14.3 Å². The zero-order valence-corrected chi connectivity index (χ0v) is 12.7. The Labute approximate surface area is 122 Å². The standard InChI is InChI=1S/C16H29NO3/c1-2-3-4-5-6-9-12-17-16(19)14-10-7-8-11-15(14)20-13-18/h13-15H,2-12H2,1H3,(H,17,19). The summed E-state index contributed by atoms with van der Waals surface area (Å²) in [5.41, 5.74) is 0. The molecule has 0 heterocycles. The van der Waals surface area contributed by atoms with E-state index in [1.807, 2.05) is 0 Å². The lowest BCUT2D eigenvalue weighted by Gasteiger charge is -2.28. The summed E-state index contributed by atoms with van der Waals surface area (Å²) in [4.78, 5) is 22.6. The van der Waals surface area contributed by atoms with Crippen molar-refractivity contribution < 1.29 is 14.3 Å². The summed E-state index contributed by atoms with van der Waals surface area (Å²) < 4.78 is 5.05.